The summed E-state index contributed by atoms with van der Waals surface area (Å²) in [5.74, 6) is 0. The summed E-state index contributed by atoms with van der Waals surface area (Å²) in [6, 6.07) is 3.91. The van der Waals surface area contributed by atoms with Gasteiger partial charge in [0, 0.05) is 23.3 Å². The van der Waals surface area contributed by atoms with Crippen LogP contribution in [0.1, 0.15) is 0 Å². The van der Waals surface area contributed by atoms with E-state index in [-0.39, 0.29) is 0 Å². The molecular formula is C9H7N5. The summed E-state index contributed by atoms with van der Waals surface area (Å²) in [6.45, 7) is 0. The van der Waals surface area contributed by atoms with Gasteiger partial charge in [-0.15, -0.1) is 0 Å². The number of nitrogens with zero attached hydrogens (tertiary/aromatic N) is 3. The van der Waals surface area contributed by atoms with Gasteiger partial charge in [-0.1, -0.05) is 0 Å². The molecule has 0 spiro atoms. The Hall–Kier alpha value is -2.17. The Morgan fingerprint density at radius 2 is 2.29 bits per heavy atom. The van der Waals surface area contributed by atoms with E-state index in [2.05, 4.69) is 25.4 Å². The van der Waals surface area contributed by atoms with Crippen molar-refractivity contribution >= 4 is 11.0 Å². The Labute approximate surface area is 79.2 Å². The summed E-state index contributed by atoms with van der Waals surface area (Å²) in [4.78, 5) is 7.28. The number of rotatable bonds is 1. The molecule has 0 saturated heterocycles. The van der Waals surface area contributed by atoms with Gasteiger partial charge in [-0.3, -0.25) is 0 Å². The number of aromatic amines is 2. The highest BCUT2D eigenvalue weighted by Gasteiger charge is 2.07. The van der Waals surface area contributed by atoms with Crippen molar-refractivity contribution in [3.8, 4) is 11.3 Å². The van der Waals surface area contributed by atoms with E-state index >= 15 is 0 Å². The Balaban J connectivity index is 2.33. The van der Waals surface area contributed by atoms with Crippen LogP contribution in [0, 0.1) is 0 Å². The summed E-state index contributed by atoms with van der Waals surface area (Å²) in [5.41, 5.74) is 2.71. The van der Waals surface area contributed by atoms with Gasteiger partial charge in [-0.25, -0.2) is 4.98 Å². The lowest BCUT2D eigenvalue weighted by Gasteiger charge is -1.90. The number of hydrogen-bond acceptors (Lipinski definition) is 3. The molecule has 0 radical (unpaired) electrons. The minimum Gasteiger partial charge on any atom is -0.345 e. The molecule has 3 aromatic rings. The van der Waals surface area contributed by atoms with Crippen LogP contribution in [0.2, 0.25) is 0 Å². The third-order valence-electron chi connectivity index (χ3n) is 2.14. The summed E-state index contributed by atoms with van der Waals surface area (Å²) in [6.07, 6.45) is 5.33. The Kier molecular flexibility index (Phi) is 1.38. The molecule has 3 aromatic heterocycles. The van der Waals surface area contributed by atoms with Gasteiger partial charge < -0.3 is 4.98 Å². The molecule has 0 unspecified atom stereocenters. The maximum Gasteiger partial charge on any atom is 0.137 e. The van der Waals surface area contributed by atoms with E-state index < -0.39 is 0 Å². The fourth-order valence-electron chi connectivity index (χ4n) is 1.50. The first-order valence-corrected chi connectivity index (χ1v) is 4.23. The van der Waals surface area contributed by atoms with Gasteiger partial charge in [0.05, 0.1) is 6.20 Å². The highest BCUT2D eigenvalue weighted by Crippen LogP contribution is 2.24. The van der Waals surface area contributed by atoms with Gasteiger partial charge in [0.15, 0.2) is 0 Å². The highest BCUT2D eigenvalue weighted by atomic mass is 15.3. The predicted molar refractivity (Wildman–Crippen MR) is 51.5 cm³/mol. The molecule has 0 atom stereocenters. The van der Waals surface area contributed by atoms with Crippen LogP contribution in [0.5, 0.6) is 0 Å². The normalized spacial score (nSPS) is 10.9. The van der Waals surface area contributed by atoms with Crippen LogP contribution < -0.4 is 0 Å². The number of H-pyrrole nitrogens is 2. The Morgan fingerprint density at radius 3 is 3.14 bits per heavy atom. The topological polar surface area (TPSA) is 70.2 Å². The molecule has 3 heterocycles. The number of hydrogen-bond donors (Lipinski definition) is 2. The molecule has 0 aliphatic heterocycles. The molecule has 0 aromatic carbocycles. The lowest BCUT2D eigenvalue weighted by Crippen LogP contribution is -1.76. The van der Waals surface area contributed by atoms with Crippen LogP contribution in [0.4, 0.5) is 0 Å². The van der Waals surface area contributed by atoms with Crippen molar-refractivity contribution in [3.05, 3.63) is 30.7 Å². The molecule has 0 aliphatic rings. The largest absolute Gasteiger partial charge is 0.345 e. The second kappa shape index (κ2) is 2.66. The molecule has 0 aliphatic carbocycles. The smallest absolute Gasteiger partial charge is 0.137 e. The van der Waals surface area contributed by atoms with E-state index in [1.807, 2.05) is 18.3 Å². The monoisotopic (exact) mass is 185 g/mol. The second-order valence-corrected chi connectivity index (χ2v) is 2.96. The number of pyridine rings is 1. The fourth-order valence-corrected chi connectivity index (χ4v) is 1.50. The van der Waals surface area contributed by atoms with Gasteiger partial charge in [0.1, 0.15) is 11.3 Å². The molecule has 2 N–H and O–H groups in total. The third kappa shape index (κ3) is 0.922. The van der Waals surface area contributed by atoms with Gasteiger partial charge in [-0.2, -0.15) is 15.4 Å². The van der Waals surface area contributed by atoms with Crippen molar-refractivity contribution < 1.29 is 0 Å². The quantitative estimate of drug-likeness (QED) is 0.601. The van der Waals surface area contributed by atoms with Crippen LogP contribution >= 0.6 is 0 Å². The number of nitrogens with one attached hydrogen (secondary N) is 2. The highest BCUT2D eigenvalue weighted by molar-refractivity contribution is 5.91. The lowest BCUT2D eigenvalue weighted by atomic mass is 10.2. The second-order valence-electron chi connectivity index (χ2n) is 2.96. The average Bonchev–Trinajstić information content (AvgIpc) is 2.85. The SMILES string of the molecule is c1cnc2[nH]cc(-c3cn[nH]n3)c2c1. The standard InChI is InChI=1S/C9H7N5/c1-2-6-7(8-5-12-14-13-8)4-11-9(6)10-3-1/h1-5H,(H,10,11)(H,12,13,14). The number of aromatic nitrogens is 5. The van der Waals surface area contributed by atoms with Crippen molar-refractivity contribution in [2.75, 3.05) is 0 Å². The van der Waals surface area contributed by atoms with Crippen molar-refractivity contribution in [1.29, 1.82) is 0 Å². The zero-order valence-corrected chi connectivity index (χ0v) is 7.23. The molecule has 3 rings (SSSR count). The summed E-state index contributed by atoms with van der Waals surface area (Å²) >= 11 is 0. The van der Waals surface area contributed by atoms with E-state index in [9.17, 15) is 0 Å². The molecular weight excluding hydrogens is 178 g/mol. The first-order valence-electron chi connectivity index (χ1n) is 4.23. The molecule has 14 heavy (non-hydrogen) atoms. The van der Waals surface area contributed by atoms with Crippen molar-refractivity contribution in [2.24, 2.45) is 0 Å². The summed E-state index contributed by atoms with van der Waals surface area (Å²) in [7, 11) is 0. The van der Waals surface area contributed by atoms with Gasteiger partial charge in [-0.05, 0) is 12.1 Å². The number of fused-ring (bicyclic) bond motifs is 1. The van der Waals surface area contributed by atoms with Crippen molar-refractivity contribution in [3.63, 3.8) is 0 Å². The zero-order valence-electron chi connectivity index (χ0n) is 7.23. The molecule has 0 amide bonds. The fraction of sp³-hybridized carbons (Fsp3) is 0. The van der Waals surface area contributed by atoms with E-state index in [1.165, 1.54) is 0 Å². The van der Waals surface area contributed by atoms with Crippen molar-refractivity contribution in [2.45, 2.75) is 0 Å². The molecule has 0 saturated carbocycles. The maximum atomic E-state index is 4.20. The molecule has 0 bridgehead atoms. The van der Waals surface area contributed by atoms with E-state index in [1.54, 1.807) is 12.4 Å². The summed E-state index contributed by atoms with van der Waals surface area (Å²) in [5, 5.41) is 11.4. The van der Waals surface area contributed by atoms with Gasteiger partial charge in [0.25, 0.3) is 0 Å². The van der Waals surface area contributed by atoms with E-state index in [0.717, 1.165) is 22.3 Å². The van der Waals surface area contributed by atoms with Crippen LogP contribution in [-0.2, 0) is 0 Å². The maximum absolute atomic E-state index is 4.20. The van der Waals surface area contributed by atoms with Crippen LogP contribution in [0.15, 0.2) is 30.7 Å². The Morgan fingerprint density at radius 1 is 1.29 bits per heavy atom. The third-order valence-corrected chi connectivity index (χ3v) is 2.14. The Bertz CT molecular complexity index is 551. The van der Waals surface area contributed by atoms with Gasteiger partial charge in [0.2, 0.25) is 0 Å². The predicted octanol–water partition coefficient (Wildman–Crippen LogP) is 1.35. The van der Waals surface area contributed by atoms with E-state index in [0.29, 0.717) is 0 Å². The zero-order chi connectivity index (χ0) is 9.38. The molecule has 5 nitrogen and oxygen atoms in total. The average molecular weight is 185 g/mol. The first kappa shape index (κ1) is 7.25. The van der Waals surface area contributed by atoms with Crippen LogP contribution in [0.25, 0.3) is 22.3 Å². The molecule has 5 heteroatoms. The van der Waals surface area contributed by atoms with Crippen molar-refractivity contribution in [1.82, 2.24) is 25.4 Å². The minimum absolute atomic E-state index is 0.823. The van der Waals surface area contributed by atoms with Crippen LogP contribution in [-0.4, -0.2) is 25.4 Å². The minimum atomic E-state index is 0.823. The van der Waals surface area contributed by atoms with Gasteiger partial charge >= 0.3 is 0 Å². The molecule has 68 valence electrons. The molecule has 0 fully saturated rings. The first-order chi connectivity index (χ1) is 6.95. The van der Waals surface area contributed by atoms with Crippen LogP contribution in [0.3, 0.4) is 0 Å². The van der Waals surface area contributed by atoms with E-state index in [4.69, 9.17) is 0 Å². The summed E-state index contributed by atoms with van der Waals surface area (Å²) < 4.78 is 0. The lowest BCUT2D eigenvalue weighted by molar-refractivity contribution is 0.942.